The molecule has 1 aromatic rings. The summed E-state index contributed by atoms with van der Waals surface area (Å²) in [6.45, 7) is 4.93. The highest BCUT2D eigenvalue weighted by molar-refractivity contribution is 5.11. The van der Waals surface area contributed by atoms with Crippen LogP contribution in [0.1, 0.15) is 11.4 Å². The minimum absolute atomic E-state index is 0.765. The number of hydrogen-bond acceptors (Lipinski definition) is 4. The Kier molecular flexibility index (Phi) is 4.08. The molecule has 0 unspecified atom stereocenters. The Bertz CT molecular complexity index is 278. The summed E-state index contributed by atoms with van der Waals surface area (Å²) in [6, 6.07) is 6.15. The predicted molar refractivity (Wildman–Crippen MR) is 58.5 cm³/mol. The molecule has 2 rings (SSSR count). The molecule has 82 valence electrons. The van der Waals surface area contributed by atoms with Crippen LogP contribution in [0.2, 0.25) is 0 Å². The molecule has 0 fully saturated rings. The highest BCUT2D eigenvalue weighted by atomic mass is 16.5. The van der Waals surface area contributed by atoms with Crippen LogP contribution in [-0.2, 0) is 17.8 Å². The molecule has 0 saturated heterocycles. The van der Waals surface area contributed by atoms with Crippen molar-refractivity contribution in [2.75, 3.05) is 26.3 Å². The Morgan fingerprint density at radius 1 is 1.00 bits per heavy atom. The Morgan fingerprint density at radius 2 is 1.60 bits per heavy atom. The monoisotopic (exact) mass is 207 g/mol. The Labute approximate surface area is 90.0 Å². The molecular weight excluding hydrogens is 190 g/mol. The van der Waals surface area contributed by atoms with Crippen LogP contribution in [-0.4, -0.2) is 31.3 Å². The van der Waals surface area contributed by atoms with Crippen molar-refractivity contribution in [3.63, 3.8) is 0 Å². The van der Waals surface area contributed by atoms with Gasteiger partial charge < -0.3 is 15.4 Å². The van der Waals surface area contributed by atoms with Gasteiger partial charge in [-0.25, -0.2) is 0 Å². The number of nitrogens with zero attached hydrogens (tertiary/aromatic N) is 1. The average molecular weight is 207 g/mol. The van der Waals surface area contributed by atoms with Crippen LogP contribution in [0.3, 0.4) is 0 Å². The van der Waals surface area contributed by atoms with Crippen molar-refractivity contribution in [3.8, 4) is 0 Å². The van der Waals surface area contributed by atoms with Crippen LogP contribution < -0.4 is 10.6 Å². The molecule has 0 atom stereocenters. The van der Waals surface area contributed by atoms with Crippen molar-refractivity contribution in [1.29, 1.82) is 0 Å². The van der Waals surface area contributed by atoms with E-state index in [0.717, 1.165) is 50.8 Å². The third-order valence-corrected chi connectivity index (χ3v) is 2.32. The fourth-order valence-corrected chi connectivity index (χ4v) is 1.55. The molecule has 4 heteroatoms. The van der Waals surface area contributed by atoms with Crippen molar-refractivity contribution >= 4 is 0 Å². The Balaban J connectivity index is 2.00. The molecule has 0 spiro atoms. The quantitative estimate of drug-likeness (QED) is 0.642. The molecule has 2 bridgehead atoms. The maximum atomic E-state index is 5.43. The third-order valence-electron chi connectivity index (χ3n) is 2.32. The summed E-state index contributed by atoms with van der Waals surface area (Å²) in [6.07, 6.45) is 0. The zero-order valence-electron chi connectivity index (χ0n) is 8.83. The van der Waals surface area contributed by atoms with E-state index in [0.29, 0.717) is 0 Å². The molecule has 15 heavy (non-hydrogen) atoms. The number of rotatable bonds is 0. The smallest absolute Gasteiger partial charge is 0.0591 e. The van der Waals surface area contributed by atoms with Crippen LogP contribution in [0.5, 0.6) is 0 Å². The zero-order chi connectivity index (χ0) is 10.3. The molecule has 0 radical (unpaired) electrons. The number of aromatic nitrogens is 1. The van der Waals surface area contributed by atoms with Gasteiger partial charge in [0.05, 0.1) is 24.6 Å². The van der Waals surface area contributed by atoms with Crippen molar-refractivity contribution < 1.29 is 4.74 Å². The molecule has 4 nitrogen and oxygen atoms in total. The fraction of sp³-hybridized carbons (Fsp3) is 0.545. The highest BCUT2D eigenvalue weighted by Gasteiger charge is 1.99. The van der Waals surface area contributed by atoms with Gasteiger partial charge in [0.25, 0.3) is 0 Å². The van der Waals surface area contributed by atoms with E-state index < -0.39 is 0 Å². The zero-order valence-corrected chi connectivity index (χ0v) is 8.83. The molecule has 1 aromatic heterocycles. The molecule has 0 saturated carbocycles. The van der Waals surface area contributed by atoms with E-state index in [-0.39, 0.29) is 0 Å². The first-order valence-corrected chi connectivity index (χ1v) is 5.39. The Hall–Kier alpha value is -0.970. The number of hydrogen-bond donors (Lipinski definition) is 2. The molecule has 2 N–H and O–H groups in total. The molecule has 1 aliphatic rings. The number of fused-ring (bicyclic) bond motifs is 2. The van der Waals surface area contributed by atoms with Crippen LogP contribution in [0, 0.1) is 0 Å². The van der Waals surface area contributed by atoms with Crippen LogP contribution >= 0.6 is 0 Å². The van der Waals surface area contributed by atoms with Gasteiger partial charge in [0, 0.05) is 26.2 Å². The van der Waals surface area contributed by atoms with Gasteiger partial charge in [0.1, 0.15) is 0 Å². The minimum Gasteiger partial charge on any atom is -0.379 e. The first-order valence-electron chi connectivity index (χ1n) is 5.39. The number of nitrogens with one attached hydrogen (secondary N) is 2. The average Bonchev–Trinajstić information content (AvgIpc) is 2.26. The van der Waals surface area contributed by atoms with E-state index in [1.54, 1.807) is 0 Å². The predicted octanol–water partition coefficient (Wildman–Crippen LogP) is 0.291. The van der Waals surface area contributed by atoms with Gasteiger partial charge in [0.2, 0.25) is 0 Å². The van der Waals surface area contributed by atoms with Gasteiger partial charge >= 0.3 is 0 Å². The van der Waals surface area contributed by atoms with E-state index in [1.807, 2.05) is 12.1 Å². The first kappa shape index (κ1) is 10.5. The molecule has 0 amide bonds. The summed E-state index contributed by atoms with van der Waals surface area (Å²) < 4.78 is 5.43. The van der Waals surface area contributed by atoms with Crippen LogP contribution in [0.15, 0.2) is 18.2 Å². The second-order valence-corrected chi connectivity index (χ2v) is 3.59. The summed E-state index contributed by atoms with van der Waals surface area (Å²) in [5, 5.41) is 6.61. The van der Waals surface area contributed by atoms with Gasteiger partial charge in [-0.1, -0.05) is 6.07 Å². The van der Waals surface area contributed by atoms with Gasteiger partial charge in [-0.05, 0) is 12.1 Å². The van der Waals surface area contributed by atoms with E-state index >= 15 is 0 Å². The molecule has 2 heterocycles. The van der Waals surface area contributed by atoms with Gasteiger partial charge in [-0.2, -0.15) is 0 Å². The first-order chi connectivity index (χ1) is 7.45. The summed E-state index contributed by atoms with van der Waals surface area (Å²) in [4.78, 5) is 4.54. The standard InChI is InChI=1S/C11H17N3O/c1-2-10-8-12-4-6-15-7-5-13-9-11(3-1)14-10/h1-3,12-13H,4-9H2. The Morgan fingerprint density at radius 3 is 2.20 bits per heavy atom. The largest absolute Gasteiger partial charge is 0.379 e. The van der Waals surface area contributed by atoms with Crippen molar-refractivity contribution in [2.24, 2.45) is 0 Å². The summed E-state index contributed by atoms with van der Waals surface area (Å²) >= 11 is 0. The fourth-order valence-electron chi connectivity index (χ4n) is 1.55. The van der Waals surface area contributed by atoms with Crippen molar-refractivity contribution in [1.82, 2.24) is 15.6 Å². The SMILES string of the molecule is c1cc2nc(c1)CNCCOCCNC2. The van der Waals surface area contributed by atoms with Gasteiger partial charge in [0.15, 0.2) is 0 Å². The van der Waals surface area contributed by atoms with Crippen molar-refractivity contribution in [2.45, 2.75) is 13.1 Å². The second kappa shape index (κ2) is 5.80. The number of ether oxygens (including phenoxy) is 1. The lowest BCUT2D eigenvalue weighted by atomic mass is 10.3. The lowest BCUT2D eigenvalue weighted by molar-refractivity contribution is 0.137. The van der Waals surface area contributed by atoms with E-state index in [4.69, 9.17) is 4.74 Å². The summed E-state index contributed by atoms with van der Waals surface area (Å²) in [5.74, 6) is 0. The lowest BCUT2D eigenvalue weighted by Gasteiger charge is -2.10. The number of pyridine rings is 1. The molecule has 0 aliphatic carbocycles. The maximum Gasteiger partial charge on any atom is 0.0591 e. The molecular formula is C11H17N3O. The van der Waals surface area contributed by atoms with Gasteiger partial charge in [-0.3, -0.25) is 4.98 Å². The van der Waals surface area contributed by atoms with Gasteiger partial charge in [-0.15, -0.1) is 0 Å². The summed E-state index contributed by atoms with van der Waals surface area (Å²) in [5.41, 5.74) is 2.18. The highest BCUT2D eigenvalue weighted by Crippen LogP contribution is 1.99. The van der Waals surface area contributed by atoms with Crippen LogP contribution in [0.25, 0.3) is 0 Å². The maximum absolute atomic E-state index is 5.43. The molecule has 1 aliphatic heterocycles. The van der Waals surface area contributed by atoms with E-state index in [2.05, 4.69) is 21.7 Å². The van der Waals surface area contributed by atoms with E-state index in [9.17, 15) is 0 Å². The van der Waals surface area contributed by atoms with E-state index in [1.165, 1.54) is 0 Å². The topological polar surface area (TPSA) is 46.2 Å². The molecule has 0 aromatic carbocycles. The second-order valence-electron chi connectivity index (χ2n) is 3.59. The summed E-state index contributed by atoms with van der Waals surface area (Å²) in [7, 11) is 0. The lowest BCUT2D eigenvalue weighted by Crippen LogP contribution is -2.25. The minimum atomic E-state index is 0.765. The third kappa shape index (κ3) is 3.58. The normalized spacial score (nSPS) is 18.9. The van der Waals surface area contributed by atoms with Crippen LogP contribution in [0.4, 0.5) is 0 Å². The van der Waals surface area contributed by atoms with Crippen molar-refractivity contribution in [3.05, 3.63) is 29.6 Å².